The van der Waals surface area contributed by atoms with E-state index in [0.717, 1.165) is 30.6 Å². The number of rotatable bonds is 4. The Bertz CT molecular complexity index is 1010. The number of para-hydroxylation sites is 1. The van der Waals surface area contributed by atoms with E-state index in [1.54, 1.807) is 17.0 Å². The number of amides is 3. The SMILES string of the molecule is CC(NC(=O)N1CCN(CC(=O)N2CCCc3ccccc32)CC1)c1ccc(C#N)cc1. The van der Waals surface area contributed by atoms with Gasteiger partial charge in [-0.1, -0.05) is 30.3 Å². The van der Waals surface area contributed by atoms with Gasteiger partial charge in [-0.3, -0.25) is 9.69 Å². The van der Waals surface area contributed by atoms with Gasteiger partial charge in [0.1, 0.15) is 0 Å². The summed E-state index contributed by atoms with van der Waals surface area (Å²) in [7, 11) is 0. The van der Waals surface area contributed by atoms with Crippen LogP contribution in [0.15, 0.2) is 48.5 Å². The van der Waals surface area contributed by atoms with Crippen molar-refractivity contribution in [3.63, 3.8) is 0 Å². The number of anilines is 1. The van der Waals surface area contributed by atoms with Gasteiger partial charge in [-0.05, 0) is 49.1 Å². The van der Waals surface area contributed by atoms with Gasteiger partial charge in [0.15, 0.2) is 0 Å². The number of carbonyl (C=O) groups is 2. The fraction of sp³-hybridized carbons (Fsp3) is 0.400. The molecule has 1 unspecified atom stereocenters. The molecule has 1 saturated heterocycles. The van der Waals surface area contributed by atoms with Crippen molar-refractivity contribution in [2.75, 3.05) is 44.2 Å². The second-order valence-corrected chi connectivity index (χ2v) is 8.45. The number of carbonyl (C=O) groups excluding carboxylic acids is 2. The zero-order chi connectivity index (χ0) is 22.5. The first kappa shape index (κ1) is 21.8. The summed E-state index contributed by atoms with van der Waals surface area (Å²) in [6.45, 7) is 5.63. The number of nitrogens with one attached hydrogen (secondary N) is 1. The number of hydrogen-bond acceptors (Lipinski definition) is 4. The van der Waals surface area contributed by atoms with Crippen molar-refractivity contribution in [3.8, 4) is 6.07 Å². The summed E-state index contributed by atoms with van der Waals surface area (Å²) < 4.78 is 0. The zero-order valence-corrected chi connectivity index (χ0v) is 18.5. The van der Waals surface area contributed by atoms with E-state index in [9.17, 15) is 9.59 Å². The van der Waals surface area contributed by atoms with Gasteiger partial charge in [-0.25, -0.2) is 4.79 Å². The molecule has 0 bridgehead atoms. The first-order valence-corrected chi connectivity index (χ1v) is 11.2. The monoisotopic (exact) mass is 431 g/mol. The third-order valence-electron chi connectivity index (χ3n) is 6.31. The summed E-state index contributed by atoms with van der Waals surface area (Å²) in [6, 6.07) is 17.3. The van der Waals surface area contributed by atoms with Gasteiger partial charge >= 0.3 is 6.03 Å². The molecule has 2 aliphatic rings. The predicted molar refractivity (Wildman–Crippen MR) is 123 cm³/mol. The molecule has 32 heavy (non-hydrogen) atoms. The number of piperazine rings is 1. The number of nitriles is 1. The van der Waals surface area contributed by atoms with E-state index < -0.39 is 0 Å². The molecule has 1 N–H and O–H groups in total. The van der Waals surface area contributed by atoms with Crippen LogP contribution in [0.4, 0.5) is 10.5 Å². The van der Waals surface area contributed by atoms with Crippen LogP contribution in [-0.2, 0) is 11.2 Å². The molecule has 7 nitrogen and oxygen atoms in total. The molecule has 2 aliphatic heterocycles. The van der Waals surface area contributed by atoms with E-state index >= 15 is 0 Å². The molecule has 1 fully saturated rings. The summed E-state index contributed by atoms with van der Waals surface area (Å²) in [5.41, 5.74) is 3.85. The van der Waals surface area contributed by atoms with E-state index in [1.165, 1.54) is 5.56 Å². The van der Waals surface area contributed by atoms with Crippen LogP contribution in [0, 0.1) is 11.3 Å². The summed E-state index contributed by atoms with van der Waals surface area (Å²) >= 11 is 0. The zero-order valence-electron chi connectivity index (χ0n) is 18.5. The summed E-state index contributed by atoms with van der Waals surface area (Å²) in [5, 5.41) is 12.0. The lowest BCUT2D eigenvalue weighted by molar-refractivity contribution is -0.120. The Morgan fingerprint density at radius 2 is 1.75 bits per heavy atom. The lowest BCUT2D eigenvalue weighted by Gasteiger charge is -2.36. The molecule has 0 saturated carbocycles. The smallest absolute Gasteiger partial charge is 0.317 e. The number of nitrogens with zero attached hydrogens (tertiary/aromatic N) is 4. The molecule has 7 heteroatoms. The van der Waals surface area contributed by atoms with Crippen LogP contribution in [0.5, 0.6) is 0 Å². The molecule has 1 atom stereocenters. The van der Waals surface area contributed by atoms with Crippen molar-refractivity contribution in [3.05, 3.63) is 65.2 Å². The minimum atomic E-state index is -0.144. The average molecular weight is 432 g/mol. The summed E-state index contributed by atoms with van der Waals surface area (Å²) in [5.74, 6) is 0.129. The molecule has 0 aliphatic carbocycles. The minimum Gasteiger partial charge on any atom is -0.331 e. The molecule has 2 heterocycles. The number of aryl methyl sites for hydroxylation is 1. The molecule has 0 spiro atoms. The normalized spacial score (nSPS) is 17.2. The van der Waals surface area contributed by atoms with Crippen LogP contribution in [0.2, 0.25) is 0 Å². The van der Waals surface area contributed by atoms with Crippen LogP contribution in [0.3, 0.4) is 0 Å². The predicted octanol–water partition coefficient (Wildman–Crippen LogP) is 2.93. The summed E-state index contributed by atoms with van der Waals surface area (Å²) in [4.78, 5) is 31.5. The van der Waals surface area contributed by atoms with E-state index in [2.05, 4.69) is 22.4 Å². The molecule has 2 aromatic rings. The first-order chi connectivity index (χ1) is 15.5. The fourth-order valence-corrected chi connectivity index (χ4v) is 4.38. The van der Waals surface area contributed by atoms with Crippen LogP contribution < -0.4 is 10.2 Å². The maximum absolute atomic E-state index is 13.0. The number of urea groups is 1. The Kier molecular flexibility index (Phi) is 6.72. The van der Waals surface area contributed by atoms with E-state index in [0.29, 0.717) is 38.3 Å². The van der Waals surface area contributed by atoms with Gasteiger partial charge in [-0.15, -0.1) is 0 Å². The highest BCUT2D eigenvalue weighted by atomic mass is 16.2. The standard InChI is InChI=1S/C25H29N5O2/c1-19(21-10-8-20(17-26)9-11-21)27-25(32)29-15-13-28(14-16-29)18-24(31)30-12-4-6-22-5-2-3-7-23(22)30/h2-3,5,7-11,19H,4,6,12-16,18H2,1H3,(H,27,32). The van der Waals surface area contributed by atoms with E-state index in [1.807, 2.05) is 42.2 Å². The Labute approximate surface area is 189 Å². The van der Waals surface area contributed by atoms with Crippen molar-refractivity contribution in [2.45, 2.75) is 25.8 Å². The second kappa shape index (κ2) is 9.84. The van der Waals surface area contributed by atoms with Crippen LogP contribution >= 0.6 is 0 Å². The van der Waals surface area contributed by atoms with Crippen molar-refractivity contribution >= 4 is 17.6 Å². The molecule has 166 valence electrons. The topological polar surface area (TPSA) is 79.7 Å². The lowest BCUT2D eigenvalue weighted by Crippen LogP contribution is -2.54. The van der Waals surface area contributed by atoms with Gasteiger partial charge in [0.05, 0.1) is 24.2 Å². The molecule has 0 radical (unpaired) electrons. The molecule has 3 amide bonds. The van der Waals surface area contributed by atoms with Crippen molar-refractivity contribution < 1.29 is 9.59 Å². The molecule has 2 aromatic carbocycles. The Balaban J connectivity index is 1.26. The van der Waals surface area contributed by atoms with Crippen LogP contribution in [0.1, 0.15) is 36.1 Å². The molecule has 4 rings (SSSR count). The minimum absolute atomic E-state index is 0.0993. The molecular weight excluding hydrogens is 402 g/mol. The van der Waals surface area contributed by atoms with E-state index in [4.69, 9.17) is 5.26 Å². The third-order valence-corrected chi connectivity index (χ3v) is 6.31. The highest BCUT2D eigenvalue weighted by Gasteiger charge is 2.27. The van der Waals surface area contributed by atoms with Gasteiger partial charge < -0.3 is 15.1 Å². The van der Waals surface area contributed by atoms with Crippen LogP contribution in [-0.4, -0.2) is 61.0 Å². The van der Waals surface area contributed by atoms with Gasteiger partial charge in [0, 0.05) is 38.4 Å². The Morgan fingerprint density at radius 1 is 1.03 bits per heavy atom. The maximum Gasteiger partial charge on any atom is 0.317 e. The molecule has 0 aromatic heterocycles. The average Bonchev–Trinajstić information content (AvgIpc) is 2.84. The van der Waals surface area contributed by atoms with Gasteiger partial charge in [0.25, 0.3) is 0 Å². The Morgan fingerprint density at radius 3 is 2.47 bits per heavy atom. The lowest BCUT2D eigenvalue weighted by atomic mass is 10.0. The van der Waals surface area contributed by atoms with E-state index in [-0.39, 0.29) is 18.0 Å². The molecular formula is C25H29N5O2. The first-order valence-electron chi connectivity index (χ1n) is 11.2. The van der Waals surface area contributed by atoms with Gasteiger partial charge in [0.2, 0.25) is 5.91 Å². The number of hydrogen-bond donors (Lipinski definition) is 1. The quantitative estimate of drug-likeness (QED) is 0.807. The van der Waals surface area contributed by atoms with Crippen molar-refractivity contribution in [2.24, 2.45) is 0 Å². The second-order valence-electron chi connectivity index (χ2n) is 8.45. The highest BCUT2D eigenvalue weighted by molar-refractivity contribution is 5.96. The van der Waals surface area contributed by atoms with Crippen molar-refractivity contribution in [1.29, 1.82) is 5.26 Å². The largest absolute Gasteiger partial charge is 0.331 e. The summed E-state index contributed by atoms with van der Waals surface area (Å²) in [6.07, 6.45) is 2.02. The van der Waals surface area contributed by atoms with Gasteiger partial charge in [-0.2, -0.15) is 5.26 Å². The Hall–Kier alpha value is -3.37. The number of benzene rings is 2. The van der Waals surface area contributed by atoms with Crippen molar-refractivity contribution in [1.82, 2.24) is 15.1 Å². The highest BCUT2D eigenvalue weighted by Crippen LogP contribution is 2.26. The maximum atomic E-state index is 13.0. The number of fused-ring (bicyclic) bond motifs is 1. The fourth-order valence-electron chi connectivity index (χ4n) is 4.38. The van der Waals surface area contributed by atoms with Crippen LogP contribution in [0.25, 0.3) is 0 Å². The third kappa shape index (κ3) is 4.92.